The maximum Gasteiger partial charge on any atom is 0.221 e. The number of carbonyl (C=O) groups excluding carboxylic acids is 1. The summed E-state index contributed by atoms with van der Waals surface area (Å²) >= 11 is 0. The minimum atomic E-state index is -0.0645. The zero-order valence-corrected chi connectivity index (χ0v) is 11.8. The van der Waals surface area contributed by atoms with Gasteiger partial charge in [0.2, 0.25) is 5.91 Å². The van der Waals surface area contributed by atoms with E-state index in [0.717, 1.165) is 29.5 Å². The second kappa shape index (κ2) is 5.95. The SMILES string of the molecule is CCC(Nc1cc(NC(C)=O)ccc1OC)C1CC1. The van der Waals surface area contributed by atoms with Gasteiger partial charge in [0, 0.05) is 18.7 Å². The van der Waals surface area contributed by atoms with Crippen LogP contribution in [0.25, 0.3) is 0 Å². The van der Waals surface area contributed by atoms with E-state index in [2.05, 4.69) is 17.6 Å². The van der Waals surface area contributed by atoms with Crippen molar-refractivity contribution in [1.82, 2.24) is 0 Å². The normalized spacial score (nSPS) is 15.7. The van der Waals surface area contributed by atoms with Gasteiger partial charge in [-0.1, -0.05) is 6.92 Å². The summed E-state index contributed by atoms with van der Waals surface area (Å²) in [5, 5.41) is 6.35. The first kappa shape index (κ1) is 13.7. The van der Waals surface area contributed by atoms with Gasteiger partial charge in [0.15, 0.2) is 0 Å². The molecule has 4 heteroatoms. The van der Waals surface area contributed by atoms with E-state index in [1.165, 1.54) is 19.8 Å². The Balaban J connectivity index is 2.17. The first-order valence-electron chi connectivity index (χ1n) is 6.86. The Morgan fingerprint density at radius 3 is 2.74 bits per heavy atom. The minimum Gasteiger partial charge on any atom is -0.495 e. The fourth-order valence-electron chi connectivity index (χ4n) is 2.35. The summed E-state index contributed by atoms with van der Waals surface area (Å²) in [6, 6.07) is 6.16. The quantitative estimate of drug-likeness (QED) is 0.827. The molecule has 4 nitrogen and oxygen atoms in total. The molecule has 0 heterocycles. The van der Waals surface area contributed by atoms with Gasteiger partial charge < -0.3 is 15.4 Å². The summed E-state index contributed by atoms with van der Waals surface area (Å²) in [6.45, 7) is 3.70. The molecule has 0 aliphatic heterocycles. The molecule has 2 rings (SSSR count). The second-order valence-electron chi connectivity index (χ2n) is 5.09. The molecule has 1 unspecified atom stereocenters. The maximum absolute atomic E-state index is 11.1. The third-order valence-corrected chi connectivity index (χ3v) is 3.49. The van der Waals surface area contributed by atoms with Crippen molar-refractivity contribution in [2.75, 3.05) is 17.7 Å². The average Bonchev–Trinajstić information content (AvgIpc) is 3.19. The van der Waals surface area contributed by atoms with Crippen LogP contribution >= 0.6 is 0 Å². The Bertz CT molecular complexity index is 455. The van der Waals surface area contributed by atoms with Crippen LogP contribution < -0.4 is 15.4 Å². The van der Waals surface area contributed by atoms with E-state index in [0.29, 0.717) is 6.04 Å². The highest BCUT2D eigenvalue weighted by Crippen LogP contribution is 2.37. The van der Waals surface area contributed by atoms with Crippen molar-refractivity contribution in [3.63, 3.8) is 0 Å². The predicted molar refractivity (Wildman–Crippen MR) is 77.7 cm³/mol. The first-order valence-corrected chi connectivity index (χ1v) is 6.86. The van der Waals surface area contributed by atoms with Gasteiger partial charge in [0.05, 0.1) is 12.8 Å². The number of ether oxygens (including phenoxy) is 1. The molecule has 1 atom stereocenters. The molecule has 0 spiro atoms. The molecule has 0 saturated heterocycles. The number of hydrogen-bond donors (Lipinski definition) is 2. The molecule has 2 N–H and O–H groups in total. The van der Waals surface area contributed by atoms with Gasteiger partial charge in [0.25, 0.3) is 0 Å². The monoisotopic (exact) mass is 262 g/mol. The van der Waals surface area contributed by atoms with Crippen LogP contribution in [-0.4, -0.2) is 19.1 Å². The van der Waals surface area contributed by atoms with Crippen LogP contribution in [-0.2, 0) is 4.79 Å². The molecule has 104 valence electrons. The molecule has 1 amide bonds. The number of benzene rings is 1. The Labute approximate surface area is 114 Å². The van der Waals surface area contributed by atoms with Gasteiger partial charge >= 0.3 is 0 Å². The smallest absolute Gasteiger partial charge is 0.221 e. The fraction of sp³-hybridized carbons (Fsp3) is 0.533. The third-order valence-electron chi connectivity index (χ3n) is 3.49. The minimum absolute atomic E-state index is 0.0645. The number of hydrogen-bond acceptors (Lipinski definition) is 3. The molecule has 1 saturated carbocycles. The van der Waals surface area contributed by atoms with Gasteiger partial charge in [-0.2, -0.15) is 0 Å². The number of carbonyl (C=O) groups is 1. The zero-order chi connectivity index (χ0) is 13.8. The lowest BCUT2D eigenvalue weighted by Crippen LogP contribution is -2.21. The molecule has 19 heavy (non-hydrogen) atoms. The number of nitrogens with one attached hydrogen (secondary N) is 2. The van der Waals surface area contributed by atoms with Crippen LogP contribution in [0.5, 0.6) is 5.75 Å². The molecule has 1 aromatic carbocycles. The highest BCUT2D eigenvalue weighted by Gasteiger charge is 2.30. The summed E-state index contributed by atoms with van der Waals surface area (Å²) in [7, 11) is 1.66. The fourth-order valence-corrected chi connectivity index (χ4v) is 2.35. The molecule has 1 fully saturated rings. The van der Waals surface area contributed by atoms with Crippen molar-refractivity contribution in [3.8, 4) is 5.75 Å². The van der Waals surface area contributed by atoms with Crippen LogP contribution in [0.4, 0.5) is 11.4 Å². The van der Waals surface area contributed by atoms with Crippen LogP contribution in [0.15, 0.2) is 18.2 Å². The molecular formula is C15H22N2O2. The van der Waals surface area contributed by atoms with Crippen LogP contribution in [0.2, 0.25) is 0 Å². The summed E-state index contributed by atoms with van der Waals surface area (Å²) in [5.74, 6) is 1.53. The van der Waals surface area contributed by atoms with Crippen molar-refractivity contribution >= 4 is 17.3 Å². The van der Waals surface area contributed by atoms with Gasteiger partial charge in [-0.25, -0.2) is 0 Å². The standard InChI is InChI=1S/C15H22N2O2/c1-4-13(11-5-6-11)17-14-9-12(16-10(2)18)7-8-15(14)19-3/h7-9,11,13,17H,4-6H2,1-3H3,(H,16,18). The first-order chi connectivity index (χ1) is 9.13. The van der Waals surface area contributed by atoms with E-state index in [9.17, 15) is 4.79 Å². The third kappa shape index (κ3) is 3.63. The molecule has 1 aliphatic carbocycles. The lowest BCUT2D eigenvalue weighted by molar-refractivity contribution is -0.114. The number of rotatable bonds is 6. The number of methoxy groups -OCH3 is 1. The van der Waals surface area contributed by atoms with E-state index < -0.39 is 0 Å². The van der Waals surface area contributed by atoms with Gasteiger partial charge in [-0.3, -0.25) is 4.79 Å². The summed E-state index contributed by atoms with van der Waals surface area (Å²) in [4.78, 5) is 11.1. The average molecular weight is 262 g/mol. The summed E-state index contributed by atoms with van der Waals surface area (Å²) in [6.07, 6.45) is 3.70. The number of anilines is 2. The molecule has 1 aliphatic rings. The Kier molecular flexibility index (Phi) is 4.30. The molecule has 1 aromatic rings. The number of amides is 1. The van der Waals surface area contributed by atoms with E-state index >= 15 is 0 Å². The highest BCUT2D eigenvalue weighted by atomic mass is 16.5. The zero-order valence-electron chi connectivity index (χ0n) is 11.8. The molecule has 0 bridgehead atoms. The van der Waals surface area contributed by atoms with Crippen LogP contribution in [0.1, 0.15) is 33.1 Å². The summed E-state index contributed by atoms with van der Waals surface area (Å²) in [5.41, 5.74) is 1.74. The van der Waals surface area contributed by atoms with E-state index in [1.807, 2.05) is 18.2 Å². The maximum atomic E-state index is 11.1. The lowest BCUT2D eigenvalue weighted by Gasteiger charge is -2.20. The predicted octanol–water partition coefficient (Wildman–Crippen LogP) is 3.25. The van der Waals surface area contributed by atoms with E-state index in [4.69, 9.17) is 4.74 Å². The van der Waals surface area contributed by atoms with Crippen LogP contribution in [0.3, 0.4) is 0 Å². The van der Waals surface area contributed by atoms with Crippen molar-refractivity contribution in [2.24, 2.45) is 5.92 Å². The van der Waals surface area contributed by atoms with Gasteiger partial charge in [0.1, 0.15) is 5.75 Å². The highest BCUT2D eigenvalue weighted by molar-refractivity contribution is 5.89. The topological polar surface area (TPSA) is 50.4 Å². The van der Waals surface area contributed by atoms with E-state index in [1.54, 1.807) is 7.11 Å². The second-order valence-corrected chi connectivity index (χ2v) is 5.09. The van der Waals surface area contributed by atoms with Gasteiger partial charge in [-0.15, -0.1) is 0 Å². The Hall–Kier alpha value is -1.71. The lowest BCUT2D eigenvalue weighted by atomic mass is 10.1. The summed E-state index contributed by atoms with van der Waals surface area (Å²) < 4.78 is 5.38. The van der Waals surface area contributed by atoms with Crippen molar-refractivity contribution in [2.45, 2.75) is 39.2 Å². The van der Waals surface area contributed by atoms with Crippen molar-refractivity contribution < 1.29 is 9.53 Å². The van der Waals surface area contributed by atoms with Crippen molar-refractivity contribution in [3.05, 3.63) is 18.2 Å². The molecule has 0 radical (unpaired) electrons. The van der Waals surface area contributed by atoms with E-state index in [-0.39, 0.29) is 5.91 Å². The van der Waals surface area contributed by atoms with Gasteiger partial charge in [-0.05, 0) is 43.4 Å². The Morgan fingerprint density at radius 1 is 1.47 bits per heavy atom. The molecular weight excluding hydrogens is 240 g/mol. The van der Waals surface area contributed by atoms with Crippen LogP contribution in [0, 0.1) is 5.92 Å². The Morgan fingerprint density at radius 2 is 2.21 bits per heavy atom. The van der Waals surface area contributed by atoms with Crippen molar-refractivity contribution in [1.29, 1.82) is 0 Å². The molecule has 0 aromatic heterocycles. The largest absolute Gasteiger partial charge is 0.495 e.